The van der Waals surface area contributed by atoms with Crippen LogP contribution >= 0.6 is 33.4 Å². The zero-order valence-corrected chi connectivity index (χ0v) is 12.3. The first-order chi connectivity index (χ1) is 8.06. The number of carbonyl (C=O) groups excluding carboxylic acids is 2. The van der Waals surface area contributed by atoms with Gasteiger partial charge in [0.1, 0.15) is 6.04 Å². The van der Waals surface area contributed by atoms with Gasteiger partial charge in [0.15, 0.2) is 0 Å². The summed E-state index contributed by atoms with van der Waals surface area (Å²) in [6.45, 7) is 1.79. The third-order valence-electron chi connectivity index (χ3n) is 1.86. The van der Waals surface area contributed by atoms with Gasteiger partial charge in [-0.25, -0.2) is 4.84 Å². The smallest absolute Gasteiger partial charge is 0.325 e. The largest absolute Gasteiger partial charge is 0.469 e. The molecule has 0 amide bonds. The molecule has 0 rings (SSSR count). The van der Waals surface area contributed by atoms with Crippen LogP contribution in [0.2, 0.25) is 0 Å². The van der Waals surface area contributed by atoms with Crippen LogP contribution in [-0.4, -0.2) is 43.7 Å². The van der Waals surface area contributed by atoms with Crippen LogP contribution in [0.15, 0.2) is 0 Å². The van der Waals surface area contributed by atoms with Crippen molar-refractivity contribution in [2.45, 2.75) is 13.0 Å². The first-order valence-corrected chi connectivity index (χ1v) is 7.69. The van der Waals surface area contributed by atoms with E-state index in [1.54, 1.807) is 6.92 Å². The predicted molar refractivity (Wildman–Crippen MR) is 70.9 cm³/mol. The fraction of sp³-hybridized carbons (Fsp3) is 0.778. The molecule has 0 aliphatic carbocycles. The van der Waals surface area contributed by atoms with E-state index in [2.05, 4.69) is 14.3 Å². The van der Waals surface area contributed by atoms with Gasteiger partial charge >= 0.3 is 11.9 Å². The fourth-order valence-corrected chi connectivity index (χ4v) is 3.57. The number of methoxy groups -OCH3 is 2. The quantitative estimate of drug-likeness (QED) is 0.315. The van der Waals surface area contributed by atoms with Crippen LogP contribution in [0.3, 0.4) is 0 Å². The van der Waals surface area contributed by atoms with Gasteiger partial charge in [-0.3, -0.25) is 9.59 Å². The summed E-state index contributed by atoms with van der Waals surface area (Å²) >= 11 is 5.41. The number of hydrogen-bond acceptors (Lipinski definition) is 7. The fourth-order valence-electron chi connectivity index (χ4n) is 0.822. The van der Waals surface area contributed by atoms with Crippen molar-refractivity contribution in [3.8, 4) is 0 Å². The van der Waals surface area contributed by atoms with E-state index in [1.807, 2.05) is 0 Å². The minimum Gasteiger partial charge on any atom is -0.469 e. The van der Waals surface area contributed by atoms with E-state index in [1.165, 1.54) is 35.8 Å². The number of rotatable bonds is 8. The molecule has 0 bridgehead atoms. The summed E-state index contributed by atoms with van der Waals surface area (Å²) in [5, 5.41) is 0. The second kappa shape index (κ2) is 9.87. The zero-order chi connectivity index (χ0) is 13.3. The third-order valence-corrected chi connectivity index (χ3v) is 4.71. The molecule has 100 valence electrons. The summed E-state index contributed by atoms with van der Waals surface area (Å²) in [5.74, 6) is 0.271. The van der Waals surface area contributed by atoms with E-state index in [0.717, 1.165) is 0 Å². The normalized spacial score (nSPS) is 13.9. The molecule has 0 fully saturated rings. The highest BCUT2D eigenvalue weighted by atomic mass is 35.5. The van der Waals surface area contributed by atoms with Gasteiger partial charge in [0.25, 0.3) is 0 Å². The second-order valence-corrected chi connectivity index (χ2v) is 5.95. The molecule has 8 heteroatoms. The van der Waals surface area contributed by atoms with E-state index in [0.29, 0.717) is 11.5 Å². The molecule has 0 saturated carbocycles. The molecule has 0 radical (unpaired) electrons. The van der Waals surface area contributed by atoms with E-state index in [4.69, 9.17) is 11.8 Å². The minimum atomic E-state index is -0.549. The average molecular weight is 302 g/mol. The van der Waals surface area contributed by atoms with Crippen molar-refractivity contribution in [2.75, 3.05) is 25.7 Å². The molecular formula is C9H16ClNO4S2. The molecular weight excluding hydrogens is 286 g/mol. The summed E-state index contributed by atoms with van der Waals surface area (Å²) in [4.78, 5) is 24.6. The number of halogens is 1. The van der Waals surface area contributed by atoms with Crippen LogP contribution in [0.25, 0.3) is 0 Å². The van der Waals surface area contributed by atoms with Gasteiger partial charge in [0, 0.05) is 11.5 Å². The SMILES string of the molecule is COC(=O)[C@H](CSSC[C@H](C)C(=O)OC)NCl. The molecule has 0 heterocycles. The Morgan fingerprint density at radius 1 is 1.18 bits per heavy atom. The second-order valence-electron chi connectivity index (χ2n) is 3.18. The maximum atomic E-state index is 11.2. The number of carbonyl (C=O) groups is 2. The average Bonchev–Trinajstić information content (AvgIpc) is 2.36. The lowest BCUT2D eigenvalue weighted by atomic mass is 10.2. The van der Waals surface area contributed by atoms with Crippen LogP contribution in [0, 0.1) is 5.92 Å². The summed E-state index contributed by atoms with van der Waals surface area (Å²) in [7, 11) is 5.60. The lowest BCUT2D eigenvalue weighted by Gasteiger charge is -2.12. The van der Waals surface area contributed by atoms with Crippen LogP contribution in [-0.2, 0) is 19.1 Å². The van der Waals surface area contributed by atoms with Gasteiger partial charge < -0.3 is 9.47 Å². The molecule has 0 spiro atoms. The predicted octanol–water partition coefficient (Wildman–Crippen LogP) is 1.46. The molecule has 1 N–H and O–H groups in total. The van der Waals surface area contributed by atoms with Crippen molar-refractivity contribution < 1.29 is 19.1 Å². The van der Waals surface area contributed by atoms with Crippen LogP contribution in [0.1, 0.15) is 6.92 Å². The number of ether oxygens (including phenoxy) is 2. The van der Waals surface area contributed by atoms with Gasteiger partial charge in [0.05, 0.1) is 20.1 Å². The van der Waals surface area contributed by atoms with Crippen molar-refractivity contribution >= 4 is 45.3 Å². The highest BCUT2D eigenvalue weighted by Gasteiger charge is 2.19. The topological polar surface area (TPSA) is 64.6 Å². The van der Waals surface area contributed by atoms with E-state index < -0.39 is 12.0 Å². The van der Waals surface area contributed by atoms with Gasteiger partial charge in [-0.1, -0.05) is 28.5 Å². The lowest BCUT2D eigenvalue weighted by Crippen LogP contribution is -2.34. The summed E-state index contributed by atoms with van der Waals surface area (Å²) in [6, 6.07) is -0.549. The van der Waals surface area contributed by atoms with Gasteiger partial charge in [0.2, 0.25) is 0 Å². The van der Waals surface area contributed by atoms with Gasteiger partial charge in [-0.05, 0) is 11.8 Å². The van der Waals surface area contributed by atoms with E-state index in [9.17, 15) is 9.59 Å². The molecule has 0 saturated heterocycles. The third kappa shape index (κ3) is 7.03. The molecule has 17 heavy (non-hydrogen) atoms. The molecule has 0 aromatic heterocycles. The summed E-state index contributed by atoms with van der Waals surface area (Å²) in [6.07, 6.45) is 0. The number of hydrogen-bond donors (Lipinski definition) is 1. The standard InChI is InChI=1S/C9H16ClNO4S2/c1-6(8(12)14-2)4-16-17-5-7(11-10)9(13)15-3/h6-7,11H,4-5H2,1-3H3/t6-,7-/m0/s1. The van der Waals surface area contributed by atoms with Crippen molar-refractivity contribution in [1.29, 1.82) is 0 Å². The Morgan fingerprint density at radius 2 is 1.71 bits per heavy atom. The summed E-state index contributed by atoms with van der Waals surface area (Å²) < 4.78 is 9.15. The molecule has 5 nitrogen and oxygen atoms in total. The van der Waals surface area contributed by atoms with Crippen molar-refractivity contribution in [3.05, 3.63) is 0 Å². The Kier molecular flexibility index (Phi) is 9.81. The summed E-state index contributed by atoms with van der Waals surface area (Å²) in [5.41, 5.74) is 0. The molecule has 0 aliphatic heterocycles. The Hall–Kier alpha value is -0.110. The van der Waals surface area contributed by atoms with Crippen molar-refractivity contribution in [3.63, 3.8) is 0 Å². The lowest BCUT2D eigenvalue weighted by molar-refractivity contribution is -0.144. The minimum absolute atomic E-state index is 0.168. The van der Waals surface area contributed by atoms with E-state index in [-0.39, 0.29) is 11.9 Å². The monoisotopic (exact) mass is 301 g/mol. The van der Waals surface area contributed by atoms with Gasteiger partial charge in [-0.15, -0.1) is 0 Å². The highest BCUT2D eigenvalue weighted by molar-refractivity contribution is 8.76. The number of esters is 2. The van der Waals surface area contributed by atoms with Gasteiger partial charge in [-0.2, -0.15) is 0 Å². The molecule has 0 aromatic rings. The van der Waals surface area contributed by atoms with Crippen molar-refractivity contribution in [2.24, 2.45) is 5.92 Å². The molecule has 0 aromatic carbocycles. The highest BCUT2D eigenvalue weighted by Crippen LogP contribution is 2.25. The Labute approximate surface area is 114 Å². The van der Waals surface area contributed by atoms with Crippen LogP contribution < -0.4 is 4.84 Å². The Bertz CT molecular complexity index is 255. The Morgan fingerprint density at radius 3 is 2.18 bits per heavy atom. The number of nitrogens with one attached hydrogen (secondary N) is 1. The van der Waals surface area contributed by atoms with Crippen molar-refractivity contribution in [1.82, 2.24) is 4.84 Å². The molecule has 0 unspecified atom stereocenters. The maximum Gasteiger partial charge on any atom is 0.325 e. The molecule has 0 aliphatic rings. The first-order valence-electron chi connectivity index (χ1n) is 4.83. The maximum absolute atomic E-state index is 11.2. The zero-order valence-electron chi connectivity index (χ0n) is 9.90. The molecule has 2 atom stereocenters. The van der Waals surface area contributed by atoms with Crippen LogP contribution in [0.4, 0.5) is 0 Å². The van der Waals surface area contributed by atoms with E-state index >= 15 is 0 Å². The Balaban J connectivity index is 3.76. The van der Waals surface area contributed by atoms with Crippen LogP contribution in [0.5, 0.6) is 0 Å². The first kappa shape index (κ1) is 16.9.